The van der Waals surface area contributed by atoms with Gasteiger partial charge in [-0.15, -0.1) is 11.8 Å². The zero-order valence-corrected chi connectivity index (χ0v) is 18.6. The summed E-state index contributed by atoms with van der Waals surface area (Å²) in [6.07, 6.45) is 3.32. The van der Waals surface area contributed by atoms with Crippen molar-refractivity contribution in [3.63, 3.8) is 0 Å². The van der Waals surface area contributed by atoms with Gasteiger partial charge in [-0.25, -0.2) is 4.79 Å². The zero-order chi connectivity index (χ0) is 22.9. The van der Waals surface area contributed by atoms with Crippen molar-refractivity contribution in [1.29, 1.82) is 5.26 Å². The average molecular weight is 456 g/mol. The number of nitriles is 1. The van der Waals surface area contributed by atoms with Gasteiger partial charge < -0.3 is 15.5 Å². The van der Waals surface area contributed by atoms with Crippen LogP contribution in [-0.4, -0.2) is 63.3 Å². The number of urea groups is 1. The highest BCUT2D eigenvalue weighted by molar-refractivity contribution is 7.99. The van der Waals surface area contributed by atoms with Crippen LogP contribution in [0.15, 0.2) is 24.3 Å². The van der Waals surface area contributed by atoms with E-state index in [0.29, 0.717) is 29.3 Å². The van der Waals surface area contributed by atoms with E-state index in [9.17, 15) is 19.2 Å². The van der Waals surface area contributed by atoms with Crippen LogP contribution in [0.3, 0.4) is 0 Å². The predicted octanol–water partition coefficient (Wildman–Crippen LogP) is 1.90. The molecule has 3 fully saturated rings. The molecular weight excluding hydrogens is 430 g/mol. The molecule has 2 heterocycles. The topological polar surface area (TPSA) is 123 Å². The fraction of sp³-hybridized carbons (Fsp3) is 0.500. The largest absolute Gasteiger partial charge is 0.325 e. The van der Waals surface area contributed by atoms with Crippen LogP contribution in [-0.2, 0) is 14.4 Å². The maximum atomic E-state index is 13.1. The molecule has 1 aromatic carbocycles. The molecule has 32 heavy (non-hydrogen) atoms. The summed E-state index contributed by atoms with van der Waals surface area (Å²) in [5, 5.41) is 14.5. The summed E-state index contributed by atoms with van der Waals surface area (Å²) in [6.45, 7) is 1.59. The maximum Gasteiger partial charge on any atom is 0.325 e. The summed E-state index contributed by atoms with van der Waals surface area (Å²) >= 11 is 1.44. The molecule has 2 aliphatic heterocycles. The summed E-state index contributed by atoms with van der Waals surface area (Å²) in [5.41, 5.74) is 0.0947. The number of thioether (sulfide) groups is 1. The third-order valence-electron chi connectivity index (χ3n) is 6.58. The molecule has 0 radical (unpaired) electrons. The first-order valence-electron chi connectivity index (χ1n) is 10.7. The van der Waals surface area contributed by atoms with Crippen molar-refractivity contribution in [3.8, 4) is 6.07 Å². The SMILES string of the molecule is CC1CCCCC12NC(=O)N(CC(=O)N1CSCC1C(=O)Nc1ccc(C#N)cc1)C2=O. The third-order valence-corrected chi connectivity index (χ3v) is 7.59. The first-order chi connectivity index (χ1) is 15.4. The minimum Gasteiger partial charge on any atom is -0.324 e. The van der Waals surface area contributed by atoms with Crippen molar-refractivity contribution in [2.75, 3.05) is 23.5 Å². The molecule has 2 saturated heterocycles. The van der Waals surface area contributed by atoms with E-state index >= 15 is 0 Å². The van der Waals surface area contributed by atoms with Crippen molar-refractivity contribution >= 4 is 41.2 Å². The molecule has 168 valence electrons. The minimum absolute atomic E-state index is 0.0149. The van der Waals surface area contributed by atoms with E-state index < -0.39 is 23.5 Å². The van der Waals surface area contributed by atoms with Crippen molar-refractivity contribution in [2.24, 2.45) is 5.92 Å². The van der Waals surface area contributed by atoms with Gasteiger partial charge in [0.1, 0.15) is 18.1 Å². The van der Waals surface area contributed by atoms with Crippen LogP contribution in [0.25, 0.3) is 0 Å². The number of imide groups is 1. The van der Waals surface area contributed by atoms with E-state index in [0.717, 1.165) is 24.2 Å². The number of anilines is 1. The van der Waals surface area contributed by atoms with Gasteiger partial charge in [-0.1, -0.05) is 19.8 Å². The fourth-order valence-corrected chi connectivity index (χ4v) is 5.81. The number of carbonyl (C=O) groups is 4. The smallest absolute Gasteiger partial charge is 0.324 e. The Balaban J connectivity index is 1.42. The van der Waals surface area contributed by atoms with Gasteiger partial charge in [-0.05, 0) is 43.0 Å². The first kappa shape index (κ1) is 22.1. The van der Waals surface area contributed by atoms with Crippen molar-refractivity contribution in [2.45, 2.75) is 44.2 Å². The summed E-state index contributed by atoms with van der Waals surface area (Å²) in [4.78, 5) is 53.9. The molecule has 10 heteroatoms. The lowest BCUT2D eigenvalue weighted by molar-refractivity contribution is -0.142. The van der Waals surface area contributed by atoms with E-state index in [1.807, 2.05) is 13.0 Å². The van der Waals surface area contributed by atoms with Gasteiger partial charge in [0.05, 0.1) is 17.5 Å². The second kappa shape index (κ2) is 8.82. The highest BCUT2D eigenvalue weighted by Gasteiger charge is 2.55. The van der Waals surface area contributed by atoms with E-state index in [2.05, 4.69) is 10.6 Å². The normalized spacial score (nSPS) is 27.4. The Morgan fingerprint density at radius 1 is 1.28 bits per heavy atom. The number of hydrogen-bond donors (Lipinski definition) is 2. The monoisotopic (exact) mass is 455 g/mol. The van der Waals surface area contributed by atoms with Crippen LogP contribution in [0.1, 0.15) is 38.2 Å². The summed E-state index contributed by atoms with van der Waals surface area (Å²) < 4.78 is 0. The molecule has 3 aliphatic rings. The predicted molar refractivity (Wildman–Crippen MR) is 118 cm³/mol. The number of nitrogens with zero attached hydrogens (tertiary/aromatic N) is 3. The van der Waals surface area contributed by atoms with E-state index in [-0.39, 0.29) is 24.3 Å². The van der Waals surface area contributed by atoms with Crippen molar-refractivity contribution < 1.29 is 19.2 Å². The second-order valence-electron chi connectivity index (χ2n) is 8.50. The first-order valence-corrected chi connectivity index (χ1v) is 11.8. The highest BCUT2D eigenvalue weighted by atomic mass is 32.2. The minimum atomic E-state index is -0.915. The Kier molecular flexibility index (Phi) is 6.11. The molecule has 4 rings (SSSR count). The average Bonchev–Trinajstić information content (AvgIpc) is 3.37. The number of hydrogen-bond acceptors (Lipinski definition) is 6. The van der Waals surface area contributed by atoms with Gasteiger partial charge in [0.15, 0.2) is 0 Å². The van der Waals surface area contributed by atoms with Gasteiger partial charge in [-0.3, -0.25) is 19.3 Å². The standard InChI is InChI=1S/C22H25N5O4S/c1-14-4-2-3-9-22(14)20(30)26(21(31)25-22)11-18(28)27-13-32-12-17(27)19(29)24-16-7-5-15(10-23)6-8-16/h5-8,14,17H,2-4,9,11-13H2,1H3,(H,24,29)(H,25,31). The van der Waals surface area contributed by atoms with Crippen LogP contribution in [0.5, 0.6) is 0 Å². The molecule has 5 amide bonds. The van der Waals surface area contributed by atoms with Crippen LogP contribution in [0, 0.1) is 17.2 Å². The lowest BCUT2D eigenvalue weighted by atomic mass is 9.73. The molecule has 0 bridgehead atoms. The molecular formula is C22H25N5O4S. The van der Waals surface area contributed by atoms with E-state index in [1.165, 1.54) is 16.7 Å². The zero-order valence-electron chi connectivity index (χ0n) is 17.8. The van der Waals surface area contributed by atoms with Crippen LogP contribution < -0.4 is 10.6 Å². The van der Waals surface area contributed by atoms with E-state index in [1.54, 1.807) is 24.3 Å². The van der Waals surface area contributed by atoms with Crippen LogP contribution in [0.2, 0.25) is 0 Å². The van der Waals surface area contributed by atoms with Gasteiger partial charge in [-0.2, -0.15) is 5.26 Å². The van der Waals surface area contributed by atoms with Crippen molar-refractivity contribution in [1.82, 2.24) is 15.1 Å². The van der Waals surface area contributed by atoms with Crippen LogP contribution in [0.4, 0.5) is 10.5 Å². The quantitative estimate of drug-likeness (QED) is 0.669. The Hall–Kier alpha value is -3.06. The number of benzene rings is 1. The summed E-state index contributed by atoms with van der Waals surface area (Å²) in [7, 11) is 0. The Labute approximate surface area is 190 Å². The Morgan fingerprint density at radius 3 is 2.72 bits per heavy atom. The Morgan fingerprint density at radius 2 is 2.03 bits per heavy atom. The highest BCUT2D eigenvalue weighted by Crippen LogP contribution is 2.38. The molecule has 1 saturated carbocycles. The molecule has 3 atom stereocenters. The number of nitrogens with one attached hydrogen (secondary N) is 2. The van der Waals surface area contributed by atoms with Gasteiger partial charge in [0.2, 0.25) is 11.8 Å². The number of amides is 5. The third kappa shape index (κ3) is 3.93. The molecule has 2 N–H and O–H groups in total. The van der Waals surface area contributed by atoms with E-state index in [4.69, 9.17) is 5.26 Å². The summed E-state index contributed by atoms with van der Waals surface area (Å²) in [5.74, 6) is -0.360. The maximum absolute atomic E-state index is 13.1. The number of carbonyl (C=O) groups excluding carboxylic acids is 4. The second-order valence-corrected chi connectivity index (χ2v) is 9.50. The van der Waals surface area contributed by atoms with Crippen LogP contribution >= 0.6 is 11.8 Å². The van der Waals surface area contributed by atoms with Gasteiger partial charge in [0.25, 0.3) is 5.91 Å². The Bertz CT molecular complexity index is 991. The lowest BCUT2D eigenvalue weighted by Gasteiger charge is -2.36. The molecule has 1 aliphatic carbocycles. The molecule has 0 aromatic heterocycles. The van der Waals surface area contributed by atoms with Crippen molar-refractivity contribution in [3.05, 3.63) is 29.8 Å². The summed E-state index contributed by atoms with van der Waals surface area (Å²) in [6, 6.07) is 7.23. The van der Waals surface area contributed by atoms with Gasteiger partial charge in [0, 0.05) is 11.4 Å². The molecule has 1 spiro atoms. The molecule has 9 nitrogen and oxygen atoms in total. The fourth-order valence-electron chi connectivity index (χ4n) is 4.62. The molecule has 3 unspecified atom stereocenters. The van der Waals surface area contributed by atoms with Gasteiger partial charge >= 0.3 is 6.03 Å². The lowest BCUT2D eigenvalue weighted by Crippen LogP contribution is -2.54. The molecule has 1 aromatic rings. The number of rotatable bonds is 4.